The Labute approximate surface area is 259 Å². The minimum atomic E-state index is -1.59. The number of carbonyl (C=O) groups excluding carboxylic acids is 3. The van der Waals surface area contributed by atoms with Gasteiger partial charge in [0.2, 0.25) is 0 Å². The van der Waals surface area contributed by atoms with Gasteiger partial charge in [-0.1, -0.05) is 54.6 Å². The highest BCUT2D eigenvalue weighted by atomic mass is 16.7. The van der Waals surface area contributed by atoms with Crippen molar-refractivity contribution in [2.24, 2.45) is 0 Å². The van der Waals surface area contributed by atoms with E-state index >= 15 is 0 Å². The number of hydrogen-bond donors (Lipinski definition) is 0. The summed E-state index contributed by atoms with van der Waals surface area (Å²) >= 11 is 0. The largest absolute Gasteiger partial charge is 0.452 e. The first-order valence-electron chi connectivity index (χ1n) is 14.0. The molecule has 2 heterocycles. The minimum Gasteiger partial charge on any atom is -0.452 e. The summed E-state index contributed by atoms with van der Waals surface area (Å²) in [6.07, 6.45) is -5.87. The summed E-state index contributed by atoms with van der Waals surface area (Å²) in [4.78, 5) is 63.9. The van der Waals surface area contributed by atoms with Crippen LogP contribution in [0.3, 0.4) is 0 Å². The summed E-state index contributed by atoms with van der Waals surface area (Å²) in [5.74, 6) is -3.44. The van der Waals surface area contributed by atoms with Crippen LogP contribution in [0.25, 0.3) is 11.1 Å². The van der Waals surface area contributed by atoms with Crippen LogP contribution in [-0.2, 0) is 18.9 Å². The molecule has 0 radical (unpaired) electrons. The molecule has 0 spiro atoms. The molecule has 0 saturated carbocycles. The van der Waals surface area contributed by atoms with E-state index in [0.29, 0.717) is 0 Å². The lowest BCUT2D eigenvalue weighted by Crippen LogP contribution is -2.56. The van der Waals surface area contributed by atoms with Gasteiger partial charge in [-0.05, 0) is 42.5 Å². The number of hydrogen-bond acceptors (Lipinski definition) is 11. The first-order valence-corrected chi connectivity index (χ1v) is 14.0. The van der Waals surface area contributed by atoms with Crippen LogP contribution in [0.2, 0.25) is 0 Å². The van der Waals surface area contributed by atoms with Gasteiger partial charge in [0, 0.05) is 6.07 Å². The number of nitro groups is 1. The van der Waals surface area contributed by atoms with E-state index in [0.717, 1.165) is 10.6 Å². The highest BCUT2D eigenvalue weighted by molar-refractivity contribution is 5.91. The maximum atomic E-state index is 13.4. The molecule has 1 aliphatic heterocycles. The molecular weight excluding hydrogens is 600 g/mol. The Morgan fingerprint density at radius 1 is 0.717 bits per heavy atom. The maximum Gasteiger partial charge on any atom is 0.422 e. The maximum absolute atomic E-state index is 13.4. The molecule has 4 atom stereocenters. The second-order valence-corrected chi connectivity index (χ2v) is 10.2. The average molecular weight is 625 g/mol. The standard InChI is InChI=1S/C33H24N2O11/c36-30(20-10-4-1-5-11-20)43-26-19-42-29(34-24-17-16-23(35(40)41)18-25(24)44-33(34)39)28(46-32(38)22-14-8-3-9-15-22)27(26)45-31(37)21-12-6-2-7-13-21/h1-18,26-29H,19H2/t26-,27-,28-,29-/m1/s1. The molecule has 13 heteroatoms. The third kappa shape index (κ3) is 6.12. The molecule has 232 valence electrons. The second kappa shape index (κ2) is 12.9. The van der Waals surface area contributed by atoms with E-state index in [1.807, 2.05) is 0 Å². The van der Waals surface area contributed by atoms with Gasteiger partial charge in [0.05, 0.1) is 39.8 Å². The molecule has 0 amide bonds. The van der Waals surface area contributed by atoms with Crippen LogP contribution in [0.15, 0.2) is 118 Å². The molecule has 46 heavy (non-hydrogen) atoms. The van der Waals surface area contributed by atoms with Crippen molar-refractivity contribution in [3.63, 3.8) is 0 Å². The summed E-state index contributed by atoms with van der Waals surface area (Å²) in [6.45, 7) is -0.401. The summed E-state index contributed by atoms with van der Waals surface area (Å²) in [5.41, 5.74) is 0.116. The van der Waals surface area contributed by atoms with E-state index in [2.05, 4.69) is 0 Å². The third-order valence-electron chi connectivity index (χ3n) is 7.24. The second-order valence-electron chi connectivity index (χ2n) is 10.2. The Bertz CT molecular complexity index is 1960. The fourth-order valence-corrected chi connectivity index (χ4v) is 5.04. The first-order chi connectivity index (χ1) is 22.3. The SMILES string of the molecule is O=C(O[C@@H]1[C@H](OC(=O)c2ccccc2)[C@H](OC(=O)c2ccccc2)CO[C@H]1n1c(=O)oc2cc([N+](=O)[O-])ccc21)c1ccccc1. The van der Waals surface area contributed by atoms with Crippen LogP contribution >= 0.6 is 0 Å². The van der Waals surface area contributed by atoms with Crippen LogP contribution in [0, 0.1) is 10.1 Å². The third-order valence-corrected chi connectivity index (χ3v) is 7.24. The van der Waals surface area contributed by atoms with Crippen molar-refractivity contribution < 1.29 is 42.7 Å². The van der Waals surface area contributed by atoms with Crippen molar-refractivity contribution in [1.82, 2.24) is 4.57 Å². The molecule has 0 aliphatic carbocycles. The Hall–Kier alpha value is -6.08. The Balaban J connectivity index is 1.44. The highest BCUT2D eigenvalue weighted by Crippen LogP contribution is 2.34. The first kappa shape index (κ1) is 30.0. The molecule has 13 nitrogen and oxygen atoms in total. The van der Waals surface area contributed by atoms with Gasteiger partial charge in [0.1, 0.15) is 0 Å². The van der Waals surface area contributed by atoms with Crippen molar-refractivity contribution in [2.45, 2.75) is 24.5 Å². The van der Waals surface area contributed by atoms with Gasteiger partial charge in [-0.15, -0.1) is 0 Å². The average Bonchev–Trinajstić information content (AvgIpc) is 3.41. The summed E-state index contributed by atoms with van der Waals surface area (Å²) < 4.78 is 29.9. The number of aromatic nitrogens is 1. The van der Waals surface area contributed by atoms with E-state index < -0.39 is 59.7 Å². The van der Waals surface area contributed by atoms with Gasteiger partial charge in [-0.3, -0.25) is 10.1 Å². The van der Waals surface area contributed by atoms with E-state index in [-0.39, 0.29) is 33.5 Å². The van der Waals surface area contributed by atoms with Crippen molar-refractivity contribution in [2.75, 3.05) is 6.61 Å². The summed E-state index contributed by atoms with van der Waals surface area (Å²) in [5, 5.41) is 11.3. The zero-order valence-electron chi connectivity index (χ0n) is 23.8. The van der Waals surface area contributed by atoms with Crippen LogP contribution in [0.5, 0.6) is 0 Å². The lowest BCUT2D eigenvalue weighted by molar-refractivity contribution is -0.384. The number of carbonyl (C=O) groups is 3. The van der Waals surface area contributed by atoms with Gasteiger partial charge >= 0.3 is 23.7 Å². The normalized spacial score (nSPS) is 19.2. The van der Waals surface area contributed by atoms with Crippen molar-refractivity contribution in [3.05, 3.63) is 147 Å². The molecule has 1 saturated heterocycles. The molecule has 4 aromatic carbocycles. The van der Waals surface area contributed by atoms with Crippen molar-refractivity contribution in [3.8, 4) is 0 Å². The highest BCUT2D eigenvalue weighted by Gasteiger charge is 2.50. The fraction of sp³-hybridized carbons (Fsp3) is 0.152. The van der Waals surface area contributed by atoms with Crippen LogP contribution in [-0.4, -0.2) is 52.3 Å². The van der Waals surface area contributed by atoms with Gasteiger partial charge in [-0.2, -0.15) is 0 Å². The predicted molar refractivity (Wildman–Crippen MR) is 159 cm³/mol. The van der Waals surface area contributed by atoms with Gasteiger partial charge < -0.3 is 23.4 Å². The van der Waals surface area contributed by atoms with Gasteiger partial charge in [-0.25, -0.2) is 23.7 Å². The number of esters is 3. The van der Waals surface area contributed by atoms with Gasteiger partial charge in [0.15, 0.2) is 30.1 Å². The van der Waals surface area contributed by atoms with E-state index in [1.54, 1.807) is 54.6 Å². The number of fused-ring (bicyclic) bond motifs is 1. The molecule has 1 aromatic heterocycles. The Kier molecular flexibility index (Phi) is 8.39. The molecule has 6 rings (SSSR count). The zero-order chi connectivity index (χ0) is 32.2. The molecule has 0 N–H and O–H groups in total. The lowest BCUT2D eigenvalue weighted by atomic mass is 10.0. The number of nitrogens with zero attached hydrogens (tertiary/aromatic N) is 2. The quantitative estimate of drug-likeness (QED) is 0.102. The minimum absolute atomic E-state index is 0.0780. The molecule has 1 aliphatic rings. The Morgan fingerprint density at radius 2 is 1.22 bits per heavy atom. The summed E-state index contributed by atoms with van der Waals surface area (Å²) in [6, 6.07) is 27.5. The van der Waals surface area contributed by atoms with E-state index in [1.165, 1.54) is 48.5 Å². The Morgan fingerprint density at radius 3 is 1.74 bits per heavy atom. The number of nitro benzene ring substituents is 1. The molecular formula is C33H24N2O11. The van der Waals surface area contributed by atoms with Crippen LogP contribution in [0.1, 0.15) is 37.3 Å². The fourth-order valence-electron chi connectivity index (χ4n) is 5.04. The van der Waals surface area contributed by atoms with Gasteiger partial charge in [0.25, 0.3) is 5.69 Å². The predicted octanol–water partition coefficient (Wildman–Crippen LogP) is 4.71. The number of rotatable bonds is 8. The van der Waals surface area contributed by atoms with Crippen LogP contribution in [0.4, 0.5) is 5.69 Å². The lowest BCUT2D eigenvalue weighted by Gasteiger charge is -2.40. The van der Waals surface area contributed by atoms with Crippen molar-refractivity contribution >= 4 is 34.7 Å². The topological polar surface area (TPSA) is 166 Å². The van der Waals surface area contributed by atoms with Crippen LogP contribution < -0.4 is 5.76 Å². The number of ether oxygens (including phenoxy) is 4. The van der Waals surface area contributed by atoms with E-state index in [4.69, 9.17) is 23.4 Å². The van der Waals surface area contributed by atoms with E-state index in [9.17, 15) is 29.3 Å². The zero-order valence-corrected chi connectivity index (χ0v) is 23.8. The molecule has 0 bridgehead atoms. The summed E-state index contributed by atoms with van der Waals surface area (Å²) in [7, 11) is 0. The molecule has 5 aromatic rings. The monoisotopic (exact) mass is 624 g/mol. The molecule has 0 unspecified atom stereocenters. The number of benzene rings is 4. The van der Waals surface area contributed by atoms with Crippen molar-refractivity contribution in [1.29, 1.82) is 0 Å². The smallest absolute Gasteiger partial charge is 0.422 e. The number of oxazole rings is 1. The number of non-ortho nitro benzene ring substituents is 1. The molecule has 1 fully saturated rings.